The zero-order valence-corrected chi connectivity index (χ0v) is 13.0. The Balaban J connectivity index is 1.86. The van der Waals surface area contributed by atoms with Gasteiger partial charge in [-0.15, -0.1) is 0 Å². The molecule has 0 aliphatic heterocycles. The molecule has 2 rings (SSSR count). The Hall–Kier alpha value is -2.82. The van der Waals surface area contributed by atoms with Gasteiger partial charge in [0.1, 0.15) is 18.0 Å². The van der Waals surface area contributed by atoms with Gasteiger partial charge in [-0.2, -0.15) is 0 Å². The number of benzene rings is 2. The maximum absolute atomic E-state index is 11.9. The first-order valence-corrected chi connectivity index (χ1v) is 7.46. The number of hydrogen-bond acceptors (Lipinski definition) is 4. The van der Waals surface area contributed by atoms with Gasteiger partial charge in [-0.1, -0.05) is 25.1 Å². The summed E-state index contributed by atoms with van der Waals surface area (Å²) in [6, 6.07) is 16.1. The first kappa shape index (κ1) is 16.5. The SMILES string of the molecule is CCCOC(=O)CNC(=O)c1ccc(Oc2ccccc2)cc1. The lowest BCUT2D eigenvalue weighted by atomic mass is 10.2. The first-order chi connectivity index (χ1) is 11.2. The van der Waals surface area contributed by atoms with E-state index in [2.05, 4.69) is 5.32 Å². The second-order valence-electron chi connectivity index (χ2n) is 4.84. The molecule has 0 aliphatic rings. The van der Waals surface area contributed by atoms with E-state index < -0.39 is 5.97 Å². The van der Waals surface area contributed by atoms with Gasteiger partial charge in [0.05, 0.1) is 6.61 Å². The average molecular weight is 313 g/mol. The average Bonchev–Trinajstić information content (AvgIpc) is 2.59. The number of ether oxygens (including phenoxy) is 2. The summed E-state index contributed by atoms with van der Waals surface area (Å²) in [4.78, 5) is 23.3. The smallest absolute Gasteiger partial charge is 0.325 e. The van der Waals surface area contributed by atoms with Crippen LogP contribution in [0.4, 0.5) is 0 Å². The molecule has 2 aromatic rings. The van der Waals surface area contributed by atoms with E-state index in [-0.39, 0.29) is 12.5 Å². The van der Waals surface area contributed by atoms with Crippen LogP contribution in [-0.4, -0.2) is 25.0 Å². The summed E-state index contributed by atoms with van der Waals surface area (Å²) < 4.78 is 10.5. The van der Waals surface area contributed by atoms with Crippen LogP contribution in [0.3, 0.4) is 0 Å². The summed E-state index contributed by atoms with van der Waals surface area (Å²) in [6.07, 6.45) is 0.753. The number of rotatable bonds is 7. The lowest BCUT2D eigenvalue weighted by Crippen LogP contribution is -2.30. The molecule has 0 bridgehead atoms. The Kier molecular flexibility index (Phi) is 6.17. The maximum Gasteiger partial charge on any atom is 0.325 e. The molecule has 0 saturated carbocycles. The lowest BCUT2D eigenvalue weighted by Gasteiger charge is -2.07. The molecule has 1 N–H and O–H groups in total. The fourth-order valence-corrected chi connectivity index (χ4v) is 1.82. The van der Waals surface area contributed by atoms with Crippen LogP contribution in [0.25, 0.3) is 0 Å². The molecule has 0 saturated heterocycles. The third-order valence-electron chi connectivity index (χ3n) is 2.96. The number of carbonyl (C=O) groups excluding carboxylic acids is 2. The van der Waals surface area contributed by atoms with Gasteiger partial charge in [0.15, 0.2) is 0 Å². The summed E-state index contributed by atoms with van der Waals surface area (Å²) >= 11 is 0. The van der Waals surface area contributed by atoms with Crippen molar-refractivity contribution in [1.82, 2.24) is 5.32 Å². The second-order valence-corrected chi connectivity index (χ2v) is 4.84. The van der Waals surface area contributed by atoms with E-state index in [0.717, 1.165) is 12.2 Å². The normalized spacial score (nSPS) is 9.96. The lowest BCUT2D eigenvalue weighted by molar-refractivity contribution is -0.142. The van der Waals surface area contributed by atoms with E-state index in [4.69, 9.17) is 9.47 Å². The number of hydrogen-bond donors (Lipinski definition) is 1. The van der Waals surface area contributed by atoms with Crippen molar-refractivity contribution in [1.29, 1.82) is 0 Å². The van der Waals surface area contributed by atoms with E-state index in [1.807, 2.05) is 37.3 Å². The highest BCUT2D eigenvalue weighted by Gasteiger charge is 2.09. The molecule has 0 fully saturated rings. The van der Waals surface area contributed by atoms with Crippen molar-refractivity contribution in [2.75, 3.05) is 13.2 Å². The number of esters is 1. The highest BCUT2D eigenvalue weighted by atomic mass is 16.5. The Morgan fingerprint density at radius 3 is 2.26 bits per heavy atom. The number of carbonyl (C=O) groups is 2. The fourth-order valence-electron chi connectivity index (χ4n) is 1.82. The highest BCUT2D eigenvalue weighted by molar-refractivity contribution is 5.96. The van der Waals surface area contributed by atoms with Crippen LogP contribution in [-0.2, 0) is 9.53 Å². The molecule has 23 heavy (non-hydrogen) atoms. The van der Waals surface area contributed by atoms with Crippen LogP contribution in [0.15, 0.2) is 54.6 Å². The molecule has 0 radical (unpaired) electrons. The topological polar surface area (TPSA) is 64.6 Å². The molecule has 2 aromatic carbocycles. The molecular weight excluding hydrogens is 294 g/mol. The van der Waals surface area contributed by atoms with Crippen LogP contribution in [0.1, 0.15) is 23.7 Å². The number of para-hydroxylation sites is 1. The quantitative estimate of drug-likeness (QED) is 0.797. The van der Waals surface area contributed by atoms with Crippen molar-refractivity contribution < 1.29 is 19.1 Å². The summed E-state index contributed by atoms with van der Waals surface area (Å²) in [5.41, 5.74) is 0.453. The van der Waals surface area contributed by atoms with Gasteiger partial charge >= 0.3 is 5.97 Å². The zero-order valence-electron chi connectivity index (χ0n) is 13.0. The highest BCUT2D eigenvalue weighted by Crippen LogP contribution is 2.20. The third-order valence-corrected chi connectivity index (χ3v) is 2.96. The Bertz CT molecular complexity index is 638. The molecular formula is C18H19NO4. The van der Waals surface area contributed by atoms with Crippen LogP contribution in [0.2, 0.25) is 0 Å². The molecule has 0 aromatic heterocycles. The van der Waals surface area contributed by atoms with Gasteiger partial charge in [-0.05, 0) is 42.8 Å². The molecule has 0 unspecified atom stereocenters. The molecule has 5 nitrogen and oxygen atoms in total. The zero-order chi connectivity index (χ0) is 16.5. The van der Waals surface area contributed by atoms with Gasteiger partial charge in [0.2, 0.25) is 0 Å². The predicted molar refractivity (Wildman–Crippen MR) is 86.5 cm³/mol. The van der Waals surface area contributed by atoms with Gasteiger partial charge in [0.25, 0.3) is 5.91 Å². The van der Waals surface area contributed by atoms with E-state index in [0.29, 0.717) is 17.9 Å². The van der Waals surface area contributed by atoms with Crippen LogP contribution in [0.5, 0.6) is 11.5 Å². The van der Waals surface area contributed by atoms with Crippen molar-refractivity contribution in [3.8, 4) is 11.5 Å². The van der Waals surface area contributed by atoms with Gasteiger partial charge in [0, 0.05) is 5.56 Å². The molecule has 120 valence electrons. The molecule has 5 heteroatoms. The third kappa shape index (κ3) is 5.47. The van der Waals surface area contributed by atoms with Crippen molar-refractivity contribution >= 4 is 11.9 Å². The summed E-state index contributed by atoms with van der Waals surface area (Å²) in [5.74, 6) is 0.590. The van der Waals surface area contributed by atoms with E-state index in [9.17, 15) is 9.59 Å². The summed E-state index contributed by atoms with van der Waals surface area (Å²) in [7, 11) is 0. The second kappa shape index (κ2) is 8.58. The van der Waals surface area contributed by atoms with E-state index in [1.54, 1.807) is 24.3 Å². The maximum atomic E-state index is 11.9. The minimum Gasteiger partial charge on any atom is -0.464 e. The Labute approximate surface area is 135 Å². The molecule has 1 amide bonds. The van der Waals surface area contributed by atoms with Gasteiger partial charge in [-0.25, -0.2) is 0 Å². The monoisotopic (exact) mass is 313 g/mol. The minimum atomic E-state index is -0.441. The van der Waals surface area contributed by atoms with Gasteiger partial charge in [-0.3, -0.25) is 9.59 Å². The van der Waals surface area contributed by atoms with Crippen molar-refractivity contribution in [2.24, 2.45) is 0 Å². The van der Waals surface area contributed by atoms with E-state index in [1.165, 1.54) is 0 Å². The van der Waals surface area contributed by atoms with E-state index >= 15 is 0 Å². The first-order valence-electron chi connectivity index (χ1n) is 7.46. The Morgan fingerprint density at radius 2 is 1.61 bits per heavy atom. The predicted octanol–water partition coefficient (Wildman–Crippen LogP) is 3.16. The summed E-state index contributed by atoms with van der Waals surface area (Å²) in [6.45, 7) is 2.13. The Morgan fingerprint density at radius 1 is 0.957 bits per heavy atom. The van der Waals surface area contributed by atoms with Crippen LogP contribution < -0.4 is 10.1 Å². The molecule has 0 atom stereocenters. The number of nitrogens with one attached hydrogen (secondary N) is 1. The minimum absolute atomic E-state index is 0.138. The van der Waals surface area contributed by atoms with Crippen LogP contribution >= 0.6 is 0 Å². The summed E-state index contributed by atoms with van der Waals surface area (Å²) in [5, 5.41) is 2.52. The van der Waals surface area contributed by atoms with Crippen molar-refractivity contribution in [3.05, 3.63) is 60.2 Å². The molecule has 0 heterocycles. The van der Waals surface area contributed by atoms with Crippen molar-refractivity contribution in [3.63, 3.8) is 0 Å². The fraction of sp³-hybridized carbons (Fsp3) is 0.222. The molecule has 0 aliphatic carbocycles. The molecule has 0 spiro atoms. The van der Waals surface area contributed by atoms with Crippen molar-refractivity contribution in [2.45, 2.75) is 13.3 Å². The van der Waals surface area contributed by atoms with Gasteiger partial charge < -0.3 is 14.8 Å². The standard InChI is InChI=1S/C18H19NO4/c1-2-12-22-17(20)13-19-18(21)14-8-10-16(11-9-14)23-15-6-4-3-5-7-15/h3-11H,2,12-13H2,1H3,(H,19,21). The number of amides is 1. The van der Waals surface area contributed by atoms with Crippen LogP contribution in [0, 0.1) is 0 Å². The largest absolute Gasteiger partial charge is 0.464 e.